The van der Waals surface area contributed by atoms with E-state index in [9.17, 15) is 4.79 Å². The summed E-state index contributed by atoms with van der Waals surface area (Å²) in [5.41, 5.74) is -0.463. The summed E-state index contributed by atoms with van der Waals surface area (Å²) in [6, 6.07) is 1.66. The van der Waals surface area contributed by atoms with Gasteiger partial charge in [-0.3, -0.25) is 0 Å². The van der Waals surface area contributed by atoms with Crippen molar-refractivity contribution in [1.82, 2.24) is 14.9 Å². The van der Waals surface area contributed by atoms with Gasteiger partial charge in [-0.1, -0.05) is 11.6 Å². The molecule has 7 heteroatoms. The minimum atomic E-state index is -0.463. The number of anilines is 1. The number of hydrogen-bond acceptors (Lipinski definition) is 5. The maximum Gasteiger partial charge on any atom is 0.410 e. The number of carbonyl (C=O) groups excluding carboxylic acids is 1. The lowest BCUT2D eigenvalue weighted by Gasteiger charge is -2.35. The highest BCUT2D eigenvalue weighted by Crippen LogP contribution is 2.21. The van der Waals surface area contributed by atoms with Gasteiger partial charge < -0.3 is 14.5 Å². The molecule has 0 saturated carbocycles. The van der Waals surface area contributed by atoms with Crippen LogP contribution in [0.3, 0.4) is 0 Å². The van der Waals surface area contributed by atoms with E-state index in [1.165, 1.54) is 0 Å². The van der Waals surface area contributed by atoms with Gasteiger partial charge in [-0.25, -0.2) is 14.8 Å². The minimum absolute atomic E-state index is 0.233. The van der Waals surface area contributed by atoms with Crippen molar-refractivity contribution in [3.8, 4) is 0 Å². The van der Waals surface area contributed by atoms with Crippen LogP contribution in [0.5, 0.6) is 0 Å². The first-order valence-electron chi connectivity index (χ1n) is 7.92. The molecule has 0 spiro atoms. The van der Waals surface area contributed by atoms with Crippen LogP contribution in [0.2, 0.25) is 5.15 Å². The summed E-state index contributed by atoms with van der Waals surface area (Å²) >= 11 is 5.91. The standard InChI is InChI=1S/C16H25ClN4O2/c1-16(2,3)23-15(22)21-9-5-6-12(11-21)10-20(4)14-18-8-7-13(17)19-14/h7-8,12H,5-6,9-11H2,1-4H3/t12-/m0/s1. The van der Waals surface area contributed by atoms with Crippen molar-refractivity contribution in [2.24, 2.45) is 5.92 Å². The molecular formula is C16H25ClN4O2. The lowest BCUT2D eigenvalue weighted by molar-refractivity contribution is 0.0170. The van der Waals surface area contributed by atoms with Crippen LogP contribution in [-0.4, -0.2) is 53.2 Å². The van der Waals surface area contributed by atoms with E-state index < -0.39 is 5.60 Å². The fourth-order valence-corrected chi connectivity index (χ4v) is 2.82. The highest BCUT2D eigenvalue weighted by Gasteiger charge is 2.28. The molecule has 2 rings (SSSR count). The molecule has 1 aliphatic heterocycles. The third kappa shape index (κ3) is 5.53. The Labute approximate surface area is 142 Å². The van der Waals surface area contributed by atoms with E-state index in [2.05, 4.69) is 9.97 Å². The maximum atomic E-state index is 12.2. The average Bonchev–Trinajstić information content (AvgIpc) is 2.45. The first-order valence-corrected chi connectivity index (χ1v) is 8.30. The Kier molecular flexibility index (Phi) is 5.68. The normalized spacial score (nSPS) is 18.7. The molecule has 1 saturated heterocycles. The van der Waals surface area contributed by atoms with Crippen LogP contribution in [0, 0.1) is 5.92 Å². The number of nitrogens with zero attached hydrogens (tertiary/aromatic N) is 4. The van der Waals surface area contributed by atoms with Gasteiger partial charge in [-0.15, -0.1) is 0 Å². The molecule has 6 nitrogen and oxygen atoms in total. The Morgan fingerprint density at radius 2 is 2.26 bits per heavy atom. The largest absolute Gasteiger partial charge is 0.444 e. The Hall–Kier alpha value is -1.56. The van der Waals surface area contributed by atoms with Crippen LogP contribution in [0.15, 0.2) is 12.3 Å². The zero-order valence-corrected chi connectivity index (χ0v) is 15.0. The van der Waals surface area contributed by atoms with Gasteiger partial charge in [0.2, 0.25) is 5.95 Å². The van der Waals surface area contributed by atoms with Crippen molar-refractivity contribution in [1.29, 1.82) is 0 Å². The van der Waals surface area contributed by atoms with Crippen LogP contribution in [-0.2, 0) is 4.74 Å². The van der Waals surface area contributed by atoms with E-state index in [-0.39, 0.29) is 6.09 Å². The van der Waals surface area contributed by atoms with Gasteiger partial charge in [-0.2, -0.15) is 0 Å². The quantitative estimate of drug-likeness (QED) is 0.791. The Morgan fingerprint density at radius 3 is 2.91 bits per heavy atom. The van der Waals surface area contributed by atoms with Crippen molar-refractivity contribution in [2.75, 3.05) is 31.6 Å². The van der Waals surface area contributed by atoms with Crippen molar-refractivity contribution in [2.45, 2.75) is 39.2 Å². The van der Waals surface area contributed by atoms with E-state index in [1.807, 2.05) is 32.7 Å². The molecule has 0 N–H and O–H groups in total. The zero-order chi connectivity index (χ0) is 17.0. The van der Waals surface area contributed by atoms with Crippen LogP contribution < -0.4 is 4.90 Å². The number of amides is 1. The van der Waals surface area contributed by atoms with Crippen molar-refractivity contribution < 1.29 is 9.53 Å². The second-order valence-corrected chi connectivity index (χ2v) is 7.38. The van der Waals surface area contributed by atoms with E-state index in [0.717, 1.165) is 25.9 Å². The molecule has 1 aromatic heterocycles. The molecule has 0 aliphatic carbocycles. The van der Waals surface area contributed by atoms with Crippen LogP contribution in [0.4, 0.5) is 10.7 Å². The number of hydrogen-bond donors (Lipinski definition) is 0. The molecule has 1 aromatic rings. The molecule has 1 aliphatic rings. The van der Waals surface area contributed by atoms with Gasteiger partial charge in [0.15, 0.2) is 0 Å². The molecule has 128 valence electrons. The minimum Gasteiger partial charge on any atom is -0.444 e. The number of aromatic nitrogens is 2. The molecule has 1 amide bonds. The van der Waals surface area contributed by atoms with Crippen LogP contribution >= 0.6 is 11.6 Å². The summed E-state index contributed by atoms with van der Waals surface area (Å²) in [5.74, 6) is 0.968. The van der Waals surface area contributed by atoms with E-state index in [4.69, 9.17) is 16.3 Å². The molecule has 0 radical (unpaired) electrons. The lowest BCUT2D eigenvalue weighted by atomic mass is 9.98. The highest BCUT2D eigenvalue weighted by atomic mass is 35.5. The summed E-state index contributed by atoms with van der Waals surface area (Å²) < 4.78 is 5.46. The number of carbonyl (C=O) groups is 1. The van der Waals surface area contributed by atoms with Crippen LogP contribution in [0.1, 0.15) is 33.6 Å². The second kappa shape index (κ2) is 7.34. The first kappa shape index (κ1) is 17.8. The van der Waals surface area contributed by atoms with Gasteiger partial charge in [0.05, 0.1) is 0 Å². The van der Waals surface area contributed by atoms with E-state index in [0.29, 0.717) is 23.6 Å². The summed E-state index contributed by atoms with van der Waals surface area (Å²) in [6.07, 6.45) is 3.47. The van der Waals surface area contributed by atoms with Gasteiger partial charge in [-0.05, 0) is 45.6 Å². The topological polar surface area (TPSA) is 58.6 Å². The number of halogens is 1. The monoisotopic (exact) mass is 340 g/mol. The first-order chi connectivity index (χ1) is 10.7. The number of likely N-dealkylation sites (tertiary alicyclic amines) is 1. The molecule has 23 heavy (non-hydrogen) atoms. The van der Waals surface area contributed by atoms with Crippen molar-refractivity contribution in [3.63, 3.8) is 0 Å². The highest BCUT2D eigenvalue weighted by molar-refractivity contribution is 6.29. The molecule has 1 atom stereocenters. The lowest BCUT2D eigenvalue weighted by Crippen LogP contribution is -2.45. The average molecular weight is 341 g/mol. The summed E-state index contributed by atoms with van der Waals surface area (Å²) in [4.78, 5) is 24.4. The molecular weight excluding hydrogens is 316 g/mol. The summed E-state index contributed by atoms with van der Waals surface area (Å²) in [5, 5.41) is 0.431. The third-order valence-electron chi connectivity index (χ3n) is 3.65. The molecule has 0 aromatic carbocycles. The predicted octanol–water partition coefficient (Wildman–Crippen LogP) is 3.21. The van der Waals surface area contributed by atoms with Crippen molar-refractivity contribution in [3.05, 3.63) is 17.4 Å². The fourth-order valence-electron chi connectivity index (χ4n) is 2.69. The fraction of sp³-hybridized carbons (Fsp3) is 0.688. The molecule has 1 fully saturated rings. The van der Waals surface area contributed by atoms with E-state index >= 15 is 0 Å². The van der Waals surface area contributed by atoms with Gasteiger partial charge in [0, 0.05) is 32.9 Å². The molecule has 0 unspecified atom stereocenters. The predicted molar refractivity (Wildman–Crippen MR) is 90.8 cm³/mol. The maximum absolute atomic E-state index is 12.2. The Bertz CT molecular complexity index is 547. The SMILES string of the molecule is CN(C[C@@H]1CCCN(C(=O)OC(C)(C)C)C1)c1nccc(Cl)n1. The molecule has 2 heterocycles. The number of ether oxygens (including phenoxy) is 1. The number of rotatable bonds is 3. The Morgan fingerprint density at radius 1 is 1.52 bits per heavy atom. The van der Waals surface area contributed by atoms with E-state index in [1.54, 1.807) is 17.2 Å². The van der Waals surface area contributed by atoms with Gasteiger partial charge in [0.1, 0.15) is 10.8 Å². The number of piperidine rings is 1. The van der Waals surface area contributed by atoms with Crippen molar-refractivity contribution >= 4 is 23.6 Å². The summed E-state index contributed by atoms with van der Waals surface area (Å²) in [6.45, 7) is 7.88. The second-order valence-electron chi connectivity index (χ2n) is 6.99. The third-order valence-corrected chi connectivity index (χ3v) is 3.86. The van der Waals surface area contributed by atoms with Crippen LogP contribution in [0.25, 0.3) is 0 Å². The Balaban J connectivity index is 1.92. The van der Waals surface area contributed by atoms with Gasteiger partial charge >= 0.3 is 6.09 Å². The van der Waals surface area contributed by atoms with Gasteiger partial charge in [0.25, 0.3) is 0 Å². The zero-order valence-electron chi connectivity index (χ0n) is 14.3. The summed E-state index contributed by atoms with van der Waals surface area (Å²) in [7, 11) is 1.94. The smallest absolute Gasteiger partial charge is 0.410 e. The molecule has 0 bridgehead atoms.